The lowest BCUT2D eigenvalue weighted by Crippen LogP contribution is -2.44. The molecule has 3 heteroatoms. The third kappa shape index (κ3) is 1.50. The Balaban J connectivity index is 1.83. The van der Waals surface area contributed by atoms with E-state index in [9.17, 15) is 4.79 Å². The number of esters is 1. The van der Waals surface area contributed by atoms with Crippen molar-refractivity contribution in [2.24, 2.45) is 17.8 Å². The van der Waals surface area contributed by atoms with E-state index in [0.717, 1.165) is 25.0 Å². The highest BCUT2D eigenvalue weighted by Gasteiger charge is 2.61. The predicted molar refractivity (Wildman–Crippen MR) is 70.2 cm³/mol. The molecule has 2 aliphatic carbocycles. The Kier molecular flexibility index (Phi) is 2.44. The van der Waals surface area contributed by atoms with Crippen molar-refractivity contribution in [2.75, 3.05) is 0 Å². The van der Waals surface area contributed by atoms with Gasteiger partial charge in [-0.15, -0.1) is 0 Å². The Labute approximate surface area is 113 Å². The molecule has 2 saturated carbocycles. The topological polar surface area (TPSA) is 39.2 Å². The van der Waals surface area contributed by atoms with E-state index in [1.165, 1.54) is 19.3 Å². The second kappa shape index (κ2) is 4.06. The molecule has 0 bridgehead atoms. The Hall–Kier alpha value is -1.38. The summed E-state index contributed by atoms with van der Waals surface area (Å²) in [6.07, 6.45) is 8.62. The minimum Gasteiger partial charge on any atom is -0.452 e. The average Bonchev–Trinajstić information content (AvgIpc) is 2.77. The van der Waals surface area contributed by atoms with Crippen LogP contribution < -0.4 is 0 Å². The molecule has 0 radical (unpaired) electrons. The lowest BCUT2D eigenvalue weighted by atomic mass is 9.59. The smallest absolute Gasteiger partial charge is 0.310 e. The number of aromatic nitrogens is 1. The van der Waals surface area contributed by atoms with Gasteiger partial charge in [-0.25, -0.2) is 0 Å². The summed E-state index contributed by atoms with van der Waals surface area (Å²) >= 11 is 0. The molecular weight excluding hydrogens is 238 g/mol. The van der Waals surface area contributed by atoms with Gasteiger partial charge in [0.2, 0.25) is 0 Å². The lowest BCUT2D eigenvalue weighted by molar-refractivity contribution is -0.155. The van der Waals surface area contributed by atoms with Crippen LogP contribution in [0.1, 0.15) is 44.2 Å². The Bertz CT molecular complexity index is 499. The van der Waals surface area contributed by atoms with Gasteiger partial charge in [-0.1, -0.05) is 12.5 Å². The van der Waals surface area contributed by atoms with E-state index in [0.29, 0.717) is 11.8 Å². The summed E-state index contributed by atoms with van der Waals surface area (Å²) in [4.78, 5) is 16.8. The highest BCUT2D eigenvalue weighted by atomic mass is 16.6. The van der Waals surface area contributed by atoms with Crippen molar-refractivity contribution in [1.82, 2.24) is 4.98 Å². The van der Waals surface area contributed by atoms with E-state index < -0.39 is 5.60 Å². The molecule has 2 heterocycles. The number of carbonyl (C=O) groups excluding carboxylic acids is 1. The molecule has 3 nitrogen and oxygen atoms in total. The van der Waals surface area contributed by atoms with Crippen LogP contribution in [0.5, 0.6) is 0 Å². The number of pyridine rings is 1. The lowest BCUT2D eigenvalue weighted by Gasteiger charge is -2.45. The molecule has 19 heavy (non-hydrogen) atoms. The Morgan fingerprint density at radius 1 is 1.21 bits per heavy atom. The first-order valence-corrected chi connectivity index (χ1v) is 7.46. The average molecular weight is 257 g/mol. The molecule has 4 rings (SSSR count). The standard InChI is InChI=1S/C16H19NO2/c18-15-12-7-3-5-11-6-4-9-16(19-15,14(11)12)13-8-1-2-10-17-13/h1-2,8,10-12,14H,3-7,9H2/t11-,12-,14+,16-/m1/s1. The molecule has 0 spiro atoms. The van der Waals surface area contributed by atoms with Crippen molar-refractivity contribution >= 4 is 5.97 Å². The number of nitrogens with zero attached hydrogens (tertiary/aromatic N) is 1. The van der Waals surface area contributed by atoms with E-state index in [1.54, 1.807) is 0 Å². The van der Waals surface area contributed by atoms with Gasteiger partial charge in [-0.3, -0.25) is 9.78 Å². The fourth-order valence-electron chi connectivity index (χ4n) is 4.71. The highest BCUT2D eigenvalue weighted by molar-refractivity contribution is 5.76. The molecule has 1 aliphatic heterocycles. The number of rotatable bonds is 1. The Morgan fingerprint density at radius 2 is 2.11 bits per heavy atom. The van der Waals surface area contributed by atoms with Crippen molar-refractivity contribution < 1.29 is 9.53 Å². The normalized spacial score (nSPS) is 40.6. The number of hydrogen-bond acceptors (Lipinski definition) is 3. The van der Waals surface area contributed by atoms with Crippen LogP contribution in [-0.4, -0.2) is 11.0 Å². The molecule has 0 aromatic carbocycles. The first kappa shape index (κ1) is 11.4. The molecule has 1 saturated heterocycles. The minimum atomic E-state index is -0.410. The van der Waals surface area contributed by atoms with Crippen molar-refractivity contribution in [3.63, 3.8) is 0 Å². The van der Waals surface area contributed by atoms with E-state index in [1.807, 2.05) is 24.4 Å². The van der Waals surface area contributed by atoms with Gasteiger partial charge < -0.3 is 4.74 Å². The summed E-state index contributed by atoms with van der Waals surface area (Å²) in [6.45, 7) is 0. The SMILES string of the molecule is O=C1O[C@@]2(c3ccccn3)CCC[C@H]3CCC[C@@H]1[C@H]32. The highest BCUT2D eigenvalue weighted by Crippen LogP contribution is 2.58. The van der Waals surface area contributed by atoms with Gasteiger partial charge in [0, 0.05) is 12.1 Å². The van der Waals surface area contributed by atoms with Crippen molar-refractivity contribution in [2.45, 2.75) is 44.1 Å². The van der Waals surface area contributed by atoms with Crippen LogP contribution in [0.25, 0.3) is 0 Å². The van der Waals surface area contributed by atoms with Crippen LogP contribution in [0.2, 0.25) is 0 Å². The zero-order valence-corrected chi connectivity index (χ0v) is 11.0. The van der Waals surface area contributed by atoms with Gasteiger partial charge in [0.15, 0.2) is 5.60 Å². The number of hydrogen-bond donors (Lipinski definition) is 0. The van der Waals surface area contributed by atoms with Gasteiger partial charge in [-0.2, -0.15) is 0 Å². The van der Waals surface area contributed by atoms with Gasteiger partial charge in [0.25, 0.3) is 0 Å². The fraction of sp³-hybridized carbons (Fsp3) is 0.625. The Morgan fingerprint density at radius 3 is 2.95 bits per heavy atom. The van der Waals surface area contributed by atoms with Crippen molar-refractivity contribution in [3.8, 4) is 0 Å². The zero-order valence-electron chi connectivity index (χ0n) is 11.0. The van der Waals surface area contributed by atoms with E-state index >= 15 is 0 Å². The van der Waals surface area contributed by atoms with Crippen LogP contribution in [0.15, 0.2) is 24.4 Å². The monoisotopic (exact) mass is 257 g/mol. The van der Waals surface area contributed by atoms with E-state index in [-0.39, 0.29) is 11.9 Å². The quantitative estimate of drug-likeness (QED) is 0.726. The van der Waals surface area contributed by atoms with Crippen LogP contribution in [0, 0.1) is 17.8 Å². The second-order valence-electron chi connectivity index (χ2n) is 6.24. The molecule has 1 aromatic rings. The predicted octanol–water partition coefficient (Wildman–Crippen LogP) is 3.05. The van der Waals surface area contributed by atoms with Crippen LogP contribution in [-0.2, 0) is 15.1 Å². The van der Waals surface area contributed by atoms with Gasteiger partial charge in [0.05, 0.1) is 11.6 Å². The summed E-state index contributed by atoms with van der Waals surface area (Å²) in [6, 6.07) is 5.97. The van der Waals surface area contributed by atoms with Gasteiger partial charge in [-0.05, 0) is 50.2 Å². The second-order valence-corrected chi connectivity index (χ2v) is 6.24. The van der Waals surface area contributed by atoms with Crippen LogP contribution in [0.4, 0.5) is 0 Å². The fourth-order valence-corrected chi connectivity index (χ4v) is 4.71. The molecule has 100 valence electrons. The molecule has 0 amide bonds. The van der Waals surface area contributed by atoms with Crippen molar-refractivity contribution in [1.29, 1.82) is 0 Å². The molecule has 1 aromatic heterocycles. The zero-order chi connectivity index (χ0) is 12.9. The maximum atomic E-state index is 12.3. The summed E-state index contributed by atoms with van der Waals surface area (Å²) < 4.78 is 5.95. The van der Waals surface area contributed by atoms with Gasteiger partial charge >= 0.3 is 5.97 Å². The third-order valence-electron chi connectivity index (χ3n) is 5.38. The first-order chi connectivity index (χ1) is 9.31. The maximum absolute atomic E-state index is 12.3. The summed E-state index contributed by atoms with van der Waals surface area (Å²) in [7, 11) is 0. The molecule has 3 fully saturated rings. The van der Waals surface area contributed by atoms with E-state index in [2.05, 4.69) is 4.98 Å². The summed E-state index contributed by atoms with van der Waals surface area (Å²) in [5, 5.41) is 0. The molecular formula is C16H19NO2. The van der Waals surface area contributed by atoms with E-state index in [4.69, 9.17) is 4.74 Å². The van der Waals surface area contributed by atoms with Crippen LogP contribution >= 0.6 is 0 Å². The van der Waals surface area contributed by atoms with Crippen LogP contribution in [0.3, 0.4) is 0 Å². The third-order valence-corrected chi connectivity index (χ3v) is 5.38. The molecule has 4 atom stereocenters. The number of carbonyl (C=O) groups is 1. The van der Waals surface area contributed by atoms with Crippen molar-refractivity contribution in [3.05, 3.63) is 30.1 Å². The molecule has 0 N–H and O–H groups in total. The number of ether oxygens (including phenoxy) is 1. The summed E-state index contributed by atoms with van der Waals surface area (Å²) in [5.41, 5.74) is 0.564. The summed E-state index contributed by atoms with van der Waals surface area (Å²) in [5.74, 6) is 1.18. The van der Waals surface area contributed by atoms with Gasteiger partial charge in [0.1, 0.15) is 0 Å². The minimum absolute atomic E-state index is 0.0299. The first-order valence-electron chi connectivity index (χ1n) is 7.46. The molecule has 3 aliphatic rings. The molecule has 0 unspecified atom stereocenters. The maximum Gasteiger partial charge on any atom is 0.310 e. The largest absolute Gasteiger partial charge is 0.452 e.